The van der Waals surface area contributed by atoms with E-state index in [1.807, 2.05) is 18.2 Å². The zero-order valence-corrected chi connectivity index (χ0v) is 11.5. The van der Waals surface area contributed by atoms with Gasteiger partial charge in [-0.25, -0.2) is 0 Å². The Morgan fingerprint density at radius 2 is 2.25 bits per heavy atom. The molecule has 1 saturated heterocycles. The van der Waals surface area contributed by atoms with Gasteiger partial charge in [0, 0.05) is 31.5 Å². The van der Waals surface area contributed by atoms with Gasteiger partial charge in [0.15, 0.2) is 0 Å². The van der Waals surface area contributed by atoms with Crippen LogP contribution in [0.3, 0.4) is 0 Å². The molecule has 1 aromatic carbocycles. The second-order valence-electron chi connectivity index (χ2n) is 5.27. The molecule has 2 aliphatic heterocycles. The van der Waals surface area contributed by atoms with Crippen molar-refractivity contribution in [1.29, 1.82) is 0 Å². The van der Waals surface area contributed by atoms with Crippen molar-refractivity contribution in [2.75, 3.05) is 23.4 Å². The number of nitrogens with zero attached hydrogens (tertiary/aromatic N) is 1. The van der Waals surface area contributed by atoms with Crippen LogP contribution < -0.4 is 10.2 Å². The van der Waals surface area contributed by atoms with Gasteiger partial charge in [-0.1, -0.05) is 6.07 Å². The van der Waals surface area contributed by atoms with Crippen LogP contribution in [0.2, 0.25) is 0 Å². The van der Waals surface area contributed by atoms with Crippen molar-refractivity contribution in [1.82, 2.24) is 0 Å². The van der Waals surface area contributed by atoms with Gasteiger partial charge in [0.2, 0.25) is 5.91 Å². The molecule has 2 amide bonds. The highest BCUT2D eigenvalue weighted by Crippen LogP contribution is 2.32. The number of anilines is 2. The Morgan fingerprint density at radius 1 is 1.40 bits per heavy atom. The lowest BCUT2D eigenvalue weighted by atomic mass is 10.1. The number of ether oxygens (including phenoxy) is 1. The molecule has 1 aromatic rings. The third kappa shape index (κ3) is 2.41. The third-order valence-corrected chi connectivity index (χ3v) is 3.77. The first-order valence-corrected chi connectivity index (χ1v) is 6.98. The van der Waals surface area contributed by atoms with Gasteiger partial charge in [-0.2, -0.15) is 0 Å². The smallest absolute Gasteiger partial charge is 0.256 e. The molecular formula is C15H18N2O3. The minimum Gasteiger partial charge on any atom is -0.368 e. The highest BCUT2D eigenvalue weighted by molar-refractivity contribution is 5.99. The second-order valence-corrected chi connectivity index (χ2v) is 5.27. The Hall–Kier alpha value is -1.88. The summed E-state index contributed by atoms with van der Waals surface area (Å²) in [4.78, 5) is 25.4. The van der Waals surface area contributed by atoms with Crippen molar-refractivity contribution in [3.8, 4) is 0 Å². The van der Waals surface area contributed by atoms with Gasteiger partial charge in [0.25, 0.3) is 5.91 Å². The fourth-order valence-electron chi connectivity index (χ4n) is 2.84. The molecule has 1 N–H and O–H groups in total. The fourth-order valence-corrected chi connectivity index (χ4v) is 2.84. The summed E-state index contributed by atoms with van der Waals surface area (Å²) >= 11 is 0. The lowest BCUT2D eigenvalue weighted by Crippen LogP contribution is -2.37. The first-order valence-electron chi connectivity index (χ1n) is 6.98. The molecule has 2 heterocycles. The van der Waals surface area contributed by atoms with Crippen LogP contribution in [0.5, 0.6) is 0 Å². The number of amides is 2. The van der Waals surface area contributed by atoms with Crippen molar-refractivity contribution >= 4 is 23.2 Å². The average molecular weight is 274 g/mol. The summed E-state index contributed by atoms with van der Waals surface area (Å²) in [6.07, 6.45) is 2.30. The van der Waals surface area contributed by atoms with Crippen LogP contribution in [0.4, 0.5) is 11.4 Å². The molecule has 0 saturated carbocycles. The lowest BCUT2D eigenvalue weighted by Gasteiger charge is -2.21. The highest BCUT2D eigenvalue weighted by Gasteiger charge is 2.32. The lowest BCUT2D eigenvalue weighted by molar-refractivity contribution is -0.127. The zero-order chi connectivity index (χ0) is 14.1. The molecule has 106 valence electrons. The Labute approximate surface area is 117 Å². The predicted octanol–water partition coefficient (Wildman–Crippen LogP) is 1.71. The normalized spacial score (nSPS) is 20.9. The van der Waals surface area contributed by atoms with Gasteiger partial charge >= 0.3 is 0 Å². The number of hydrogen-bond acceptors (Lipinski definition) is 3. The third-order valence-electron chi connectivity index (χ3n) is 3.77. The predicted molar refractivity (Wildman–Crippen MR) is 75.8 cm³/mol. The molecule has 2 aliphatic rings. The molecule has 3 rings (SSSR count). The summed E-state index contributed by atoms with van der Waals surface area (Å²) in [6, 6.07) is 5.72. The SMILES string of the molecule is CC(=O)Nc1ccc2c(c1)N(C(=O)C1CCCO1)CC2. The maximum absolute atomic E-state index is 12.5. The minimum absolute atomic E-state index is 0.0428. The van der Waals surface area contributed by atoms with Crippen LogP contribution in [-0.4, -0.2) is 31.1 Å². The molecule has 5 nitrogen and oxygen atoms in total. The molecule has 1 atom stereocenters. The Morgan fingerprint density at radius 3 is 2.95 bits per heavy atom. The summed E-state index contributed by atoms with van der Waals surface area (Å²) < 4.78 is 5.48. The maximum atomic E-state index is 12.5. The van der Waals surface area contributed by atoms with Crippen LogP contribution in [-0.2, 0) is 20.7 Å². The van der Waals surface area contributed by atoms with Crippen molar-refractivity contribution in [2.24, 2.45) is 0 Å². The quantitative estimate of drug-likeness (QED) is 0.893. The summed E-state index contributed by atoms with van der Waals surface area (Å²) in [6.45, 7) is 2.84. The van der Waals surface area contributed by atoms with E-state index in [4.69, 9.17) is 4.74 Å². The van der Waals surface area contributed by atoms with Gasteiger partial charge in [-0.05, 0) is 37.0 Å². The second kappa shape index (κ2) is 5.25. The number of benzene rings is 1. The van der Waals surface area contributed by atoms with Crippen LogP contribution >= 0.6 is 0 Å². The van der Waals surface area contributed by atoms with Gasteiger partial charge in [-0.15, -0.1) is 0 Å². The largest absolute Gasteiger partial charge is 0.368 e. The number of fused-ring (bicyclic) bond motifs is 1. The van der Waals surface area contributed by atoms with Crippen molar-refractivity contribution in [3.05, 3.63) is 23.8 Å². The summed E-state index contributed by atoms with van der Waals surface area (Å²) in [5, 5.41) is 2.76. The Balaban J connectivity index is 1.84. The maximum Gasteiger partial charge on any atom is 0.256 e. The average Bonchev–Trinajstić information content (AvgIpc) is 3.06. The van der Waals surface area contributed by atoms with Gasteiger partial charge in [-0.3, -0.25) is 9.59 Å². The Bertz CT molecular complexity index is 550. The Kier molecular flexibility index (Phi) is 3.44. The standard InChI is InChI=1S/C15H18N2O3/c1-10(18)16-12-5-4-11-6-7-17(13(11)9-12)15(19)14-3-2-8-20-14/h4-5,9,14H,2-3,6-8H2,1H3,(H,16,18). The molecule has 5 heteroatoms. The van der Waals surface area contributed by atoms with Crippen molar-refractivity contribution in [2.45, 2.75) is 32.3 Å². The van der Waals surface area contributed by atoms with Crippen LogP contribution in [0.15, 0.2) is 18.2 Å². The molecule has 0 aliphatic carbocycles. The molecule has 0 bridgehead atoms. The number of carbonyl (C=O) groups is 2. The molecule has 0 aromatic heterocycles. The monoisotopic (exact) mass is 274 g/mol. The van der Waals surface area contributed by atoms with Crippen LogP contribution in [0.25, 0.3) is 0 Å². The van der Waals surface area contributed by atoms with Crippen molar-refractivity contribution < 1.29 is 14.3 Å². The van der Waals surface area contributed by atoms with Crippen LogP contribution in [0.1, 0.15) is 25.3 Å². The van der Waals surface area contributed by atoms with Gasteiger partial charge in [0.05, 0.1) is 0 Å². The van der Waals surface area contributed by atoms with Gasteiger partial charge < -0.3 is 15.0 Å². The van der Waals surface area contributed by atoms with E-state index < -0.39 is 0 Å². The number of carbonyl (C=O) groups excluding carboxylic acids is 2. The summed E-state index contributed by atoms with van der Waals surface area (Å²) in [7, 11) is 0. The van der Waals surface area contributed by atoms with Crippen molar-refractivity contribution in [3.63, 3.8) is 0 Å². The zero-order valence-electron chi connectivity index (χ0n) is 11.5. The minimum atomic E-state index is -0.301. The number of hydrogen-bond donors (Lipinski definition) is 1. The molecule has 1 fully saturated rings. The molecule has 1 unspecified atom stereocenters. The first-order chi connectivity index (χ1) is 9.65. The van der Waals surface area contributed by atoms with E-state index in [1.54, 1.807) is 4.90 Å². The summed E-state index contributed by atoms with van der Waals surface area (Å²) in [5.74, 6) is -0.0684. The number of rotatable bonds is 2. The topological polar surface area (TPSA) is 58.6 Å². The van der Waals surface area contributed by atoms with E-state index in [2.05, 4.69) is 5.32 Å². The number of nitrogens with one attached hydrogen (secondary N) is 1. The molecule has 0 spiro atoms. The van der Waals surface area contributed by atoms with E-state index >= 15 is 0 Å². The van der Waals surface area contributed by atoms with E-state index in [0.29, 0.717) is 13.2 Å². The van der Waals surface area contributed by atoms with Crippen LogP contribution in [0, 0.1) is 0 Å². The van der Waals surface area contributed by atoms with Gasteiger partial charge in [0.1, 0.15) is 6.10 Å². The fraction of sp³-hybridized carbons (Fsp3) is 0.467. The summed E-state index contributed by atoms with van der Waals surface area (Å²) in [5.41, 5.74) is 2.77. The molecule has 0 radical (unpaired) electrons. The van der Waals surface area contributed by atoms with E-state index in [9.17, 15) is 9.59 Å². The van der Waals surface area contributed by atoms with E-state index in [-0.39, 0.29) is 17.9 Å². The van der Waals surface area contributed by atoms with E-state index in [0.717, 1.165) is 36.2 Å². The van der Waals surface area contributed by atoms with E-state index in [1.165, 1.54) is 6.92 Å². The first kappa shape index (κ1) is 13.1. The highest BCUT2D eigenvalue weighted by atomic mass is 16.5. The molecular weight excluding hydrogens is 256 g/mol. The molecule has 20 heavy (non-hydrogen) atoms.